The molecule has 0 saturated heterocycles. The van der Waals surface area contributed by atoms with Crippen molar-refractivity contribution in [3.63, 3.8) is 0 Å². The monoisotopic (exact) mass is 1040 g/mol. The molecule has 0 N–H and O–H groups in total. The summed E-state index contributed by atoms with van der Waals surface area (Å²) in [4.78, 5) is 0. The van der Waals surface area contributed by atoms with E-state index in [1.54, 1.807) is 0 Å². The maximum absolute atomic E-state index is 7.03. The van der Waals surface area contributed by atoms with Crippen LogP contribution in [0.15, 0.2) is 300 Å². The molecule has 0 saturated carbocycles. The van der Waals surface area contributed by atoms with Crippen molar-refractivity contribution in [3.05, 3.63) is 291 Å². The van der Waals surface area contributed by atoms with Gasteiger partial charge in [0, 0.05) is 21.5 Å². The van der Waals surface area contributed by atoms with Crippen molar-refractivity contribution in [2.24, 2.45) is 0 Å². The molecular weight excluding hydrogens is 993 g/mol. The van der Waals surface area contributed by atoms with Gasteiger partial charge in [-0.15, -0.1) is 0 Å². The standard InChI is InChI=1S/C80H48O2/c1-3-21-49(22-4-1)54-45-53-25-7-8-27-56(53)69(47-54)77-62-33-15-16-34-63(62)78(68-37-20-39-72-79(68)65-35-17-18-38-71(65)81-72)70-46-51(41-43-64(70)77)52-42-44-66-74(48-52)82-73-40-19-36-67(80(66)73)76-60-31-13-11-29-58(60)75(59-30-12-14-32-61(59)76)57-28-10-9-26-55(57)50-23-5-2-6-24-50/h1-48H. The third-order valence-electron chi connectivity index (χ3n) is 17.2. The van der Waals surface area contributed by atoms with E-state index in [-0.39, 0.29) is 0 Å². The molecule has 0 unspecified atom stereocenters. The second kappa shape index (κ2) is 18.4. The highest BCUT2D eigenvalue weighted by Crippen LogP contribution is 2.52. The Kier molecular flexibility index (Phi) is 10.3. The van der Waals surface area contributed by atoms with E-state index in [0.717, 1.165) is 66.1 Å². The van der Waals surface area contributed by atoms with Gasteiger partial charge in [-0.2, -0.15) is 0 Å². The third-order valence-corrected chi connectivity index (χ3v) is 17.2. The molecule has 0 aliphatic rings. The lowest BCUT2D eigenvalue weighted by molar-refractivity contribution is 0.668. The van der Waals surface area contributed by atoms with Crippen LogP contribution in [0, 0.1) is 0 Å². The number of benzene rings is 15. The van der Waals surface area contributed by atoms with Crippen LogP contribution >= 0.6 is 0 Å². The van der Waals surface area contributed by atoms with E-state index in [0.29, 0.717) is 0 Å². The van der Waals surface area contributed by atoms with Gasteiger partial charge in [-0.1, -0.05) is 243 Å². The van der Waals surface area contributed by atoms with Crippen LogP contribution in [0.25, 0.3) is 176 Å². The minimum atomic E-state index is 0.848. The van der Waals surface area contributed by atoms with Crippen LogP contribution in [0.5, 0.6) is 0 Å². The van der Waals surface area contributed by atoms with E-state index < -0.39 is 0 Å². The van der Waals surface area contributed by atoms with Crippen molar-refractivity contribution in [2.45, 2.75) is 0 Å². The molecule has 0 aliphatic heterocycles. The van der Waals surface area contributed by atoms with Gasteiger partial charge >= 0.3 is 0 Å². The largest absolute Gasteiger partial charge is 0.456 e. The molecule has 82 heavy (non-hydrogen) atoms. The predicted octanol–water partition coefficient (Wildman–Crippen LogP) is 22.9. The molecule has 2 heteroatoms. The molecule has 2 heterocycles. The maximum Gasteiger partial charge on any atom is 0.136 e. The molecule has 0 spiro atoms. The summed E-state index contributed by atoms with van der Waals surface area (Å²) < 4.78 is 13.6. The average Bonchev–Trinajstić information content (AvgIpc) is 2.84. The fraction of sp³-hybridized carbons (Fsp3) is 0. The third kappa shape index (κ3) is 7.08. The maximum atomic E-state index is 7.03. The van der Waals surface area contributed by atoms with Crippen molar-refractivity contribution >= 4 is 97.7 Å². The Labute approximate surface area is 473 Å². The Morgan fingerprint density at radius 1 is 0.171 bits per heavy atom. The van der Waals surface area contributed by atoms with Crippen LogP contribution in [0.2, 0.25) is 0 Å². The van der Waals surface area contributed by atoms with Gasteiger partial charge in [0.25, 0.3) is 0 Å². The van der Waals surface area contributed by atoms with Crippen LogP contribution in [-0.4, -0.2) is 0 Å². The van der Waals surface area contributed by atoms with Crippen molar-refractivity contribution in [2.75, 3.05) is 0 Å². The molecule has 380 valence electrons. The van der Waals surface area contributed by atoms with E-state index in [1.807, 2.05) is 0 Å². The number of furan rings is 2. The molecule has 0 fully saturated rings. The Hall–Kier alpha value is -10.8. The Bertz CT molecular complexity index is 5390. The molecule has 2 nitrogen and oxygen atoms in total. The Morgan fingerprint density at radius 3 is 1.20 bits per heavy atom. The van der Waals surface area contributed by atoms with Gasteiger partial charge in [-0.25, -0.2) is 0 Å². The van der Waals surface area contributed by atoms with Gasteiger partial charge in [0.15, 0.2) is 0 Å². The lowest BCUT2D eigenvalue weighted by atomic mass is 9.82. The van der Waals surface area contributed by atoms with Crippen LogP contribution in [-0.2, 0) is 0 Å². The van der Waals surface area contributed by atoms with Crippen molar-refractivity contribution in [1.29, 1.82) is 0 Å². The van der Waals surface area contributed by atoms with Gasteiger partial charge in [0.1, 0.15) is 22.3 Å². The molecule has 17 aromatic rings. The number of para-hydroxylation sites is 1. The second-order valence-electron chi connectivity index (χ2n) is 21.7. The fourth-order valence-electron chi connectivity index (χ4n) is 13.7. The summed E-state index contributed by atoms with van der Waals surface area (Å²) in [5, 5.41) is 16.4. The van der Waals surface area contributed by atoms with Crippen LogP contribution in [0.1, 0.15) is 0 Å². The smallest absolute Gasteiger partial charge is 0.136 e. The quantitative estimate of drug-likeness (QED) is 0.149. The molecular formula is C80H48O2. The number of hydrogen-bond acceptors (Lipinski definition) is 2. The summed E-state index contributed by atoms with van der Waals surface area (Å²) in [7, 11) is 0. The average molecular weight is 1040 g/mol. The van der Waals surface area contributed by atoms with Crippen molar-refractivity contribution in [1.82, 2.24) is 0 Å². The first-order chi connectivity index (χ1) is 40.7. The minimum absolute atomic E-state index is 0.848. The molecule has 0 radical (unpaired) electrons. The molecule has 0 bridgehead atoms. The minimum Gasteiger partial charge on any atom is -0.456 e. The first-order valence-electron chi connectivity index (χ1n) is 28.2. The molecule has 0 aliphatic carbocycles. The van der Waals surface area contributed by atoms with Gasteiger partial charge in [-0.3, -0.25) is 0 Å². The Morgan fingerprint density at radius 2 is 0.573 bits per heavy atom. The van der Waals surface area contributed by atoms with Gasteiger partial charge < -0.3 is 8.83 Å². The summed E-state index contributed by atoms with van der Waals surface area (Å²) in [5.41, 5.74) is 20.0. The normalized spacial score (nSPS) is 11.9. The highest BCUT2D eigenvalue weighted by molar-refractivity contribution is 6.29. The van der Waals surface area contributed by atoms with Gasteiger partial charge in [-0.05, 0) is 180 Å². The first kappa shape index (κ1) is 46.1. The van der Waals surface area contributed by atoms with Gasteiger partial charge in [0.2, 0.25) is 0 Å². The first-order valence-corrected chi connectivity index (χ1v) is 28.2. The van der Waals surface area contributed by atoms with Crippen molar-refractivity contribution < 1.29 is 8.83 Å². The molecule has 17 rings (SSSR count). The number of hydrogen-bond donors (Lipinski definition) is 0. The summed E-state index contributed by atoms with van der Waals surface area (Å²) >= 11 is 0. The summed E-state index contributed by atoms with van der Waals surface area (Å²) in [5.74, 6) is 0. The van der Waals surface area contributed by atoms with E-state index in [9.17, 15) is 0 Å². The highest BCUT2D eigenvalue weighted by atomic mass is 16.3. The number of fused-ring (bicyclic) bond motifs is 11. The predicted molar refractivity (Wildman–Crippen MR) is 347 cm³/mol. The molecule has 15 aromatic carbocycles. The lowest BCUT2D eigenvalue weighted by Gasteiger charge is -2.21. The Balaban J connectivity index is 0.897. The van der Waals surface area contributed by atoms with E-state index in [2.05, 4.69) is 291 Å². The summed E-state index contributed by atoms with van der Waals surface area (Å²) in [6.07, 6.45) is 0. The van der Waals surface area contributed by atoms with Crippen molar-refractivity contribution in [3.8, 4) is 77.9 Å². The van der Waals surface area contributed by atoms with Crippen LogP contribution in [0.4, 0.5) is 0 Å². The zero-order valence-corrected chi connectivity index (χ0v) is 44.5. The van der Waals surface area contributed by atoms with Gasteiger partial charge in [0.05, 0.1) is 0 Å². The van der Waals surface area contributed by atoms with E-state index in [4.69, 9.17) is 8.83 Å². The summed E-state index contributed by atoms with van der Waals surface area (Å²) in [6.45, 7) is 0. The number of rotatable bonds is 7. The fourth-order valence-corrected chi connectivity index (χ4v) is 13.7. The zero-order valence-electron chi connectivity index (χ0n) is 44.5. The van der Waals surface area contributed by atoms with E-state index in [1.165, 1.54) is 109 Å². The topological polar surface area (TPSA) is 26.3 Å². The molecule has 0 amide bonds. The SMILES string of the molecule is c1ccc(-c2cc(-c3c4ccccc4c(-c4cccc5oc6ccccc6c45)c4cc(-c5ccc6c(c5)oc5cccc(-c7c8ccccc8c(-c8ccccc8-c8ccccc8)c8ccccc78)c56)ccc34)c3ccccc3c2)cc1. The zero-order chi connectivity index (χ0) is 53.8. The van der Waals surface area contributed by atoms with Crippen LogP contribution in [0.3, 0.4) is 0 Å². The lowest BCUT2D eigenvalue weighted by Crippen LogP contribution is -1.93. The van der Waals surface area contributed by atoms with E-state index >= 15 is 0 Å². The molecule has 2 aromatic heterocycles. The second-order valence-corrected chi connectivity index (χ2v) is 21.7. The van der Waals surface area contributed by atoms with Crippen LogP contribution < -0.4 is 0 Å². The highest BCUT2D eigenvalue weighted by Gasteiger charge is 2.25. The summed E-state index contributed by atoms with van der Waals surface area (Å²) in [6, 6.07) is 106. The molecule has 0 atom stereocenters.